The van der Waals surface area contributed by atoms with Crippen LogP contribution in [0.1, 0.15) is 25.0 Å². The van der Waals surface area contributed by atoms with Gasteiger partial charge in [0.05, 0.1) is 11.0 Å². The fourth-order valence-electron chi connectivity index (χ4n) is 7.74. The first-order valence-corrected chi connectivity index (χ1v) is 16.1. The van der Waals surface area contributed by atoms with Crippen LogP contribution >= 0.6 is 0 Å². The van der Waals surface area contributed by atoms with E-state index in [1.807, 2.05) is 36.4 Å². The van der Waals surface area contributed by atoms with Gasteiger partial charge in [-0.3, -0.25) is 0 Å². The lowest BCUT2D eigenvalue weighted by molar-refractivity contribution is 0.661. The molecule has 0 amide bonds. The second-order valence-corrected chi connectivity index (χ2v) is 13.0. The maximum absolute atomic E-state index is 6.47. The van der Waals surface area contributed by atoms with E-state index in [9.17, 15) is 0 Å². The topological polar surface area (TPSA) is 43.9 Å². The van der Waals surface area contributed by atoms with Crippen LogP contribution in [0.4, 0.5) is 0 Å². The van der Waals surface area contributed by atoms with E-state index in [1.54, 1.807) is 0 Å². The van der Waals surface area contributed by atoms with Crippen LogP contribution in [0.5, 0.6) is 0 Å². The second-order valence-electron chi connectivity index (χ2n) is 13.0. The minimum Gasteiger partial charge on any atom is -0.452 e. The molecule has 4 heteroatoms. The molecule has 4 nitrogen and oxygen atoms in total. The molecule has 1 aliphatic rings. The standard InChI is InChI=1S/C43H29N3O/c1-43(2)34-20-9-6-17-29(34)32-24-33-30-18-7-10-21-36(30)46(37(33)25-35(32)43)28-16-12-15-27(23-28)39-41-40(31-19-8-11-22-38(31)47-41)45-42(44-39)26-13-4-3-5-14-26/h3-25H,1-2H3. The number of benzene rings is 6. The Morgan fingerprint density at radius 2 is 1.30 bits per heavy atom. The average Bonchev–Trinajstić information content (AvgIpc) is 3.73. The zero-order valence-electron chi connectivity index (χ0n) is 26.0. The molecule has 6 aromatic carbocycles. The number of rotatable bonds is 3. The molecule has 0 radical (unpaired) electrons. The first-order valence-electron chi connectivity index (χ1n) is 16.1. The molecule has 47 heavy (non-hydrogen) atoms. The molecule has 0 spiro atoms. The van der Waals surface area contributed by atoms with E-state index in [-0.39, 0.29) is 5.41 Å². The van der Waals surface area contributed by atoms with Gasteiger partial charge < -0.3 is 8.98 Å². The first-order chi connectivity index (χ1) is 23.1. The number of fused-ring (bicyclic) bond motifs is 9. The van der Waals surface area contributed by atoms with Gasteiger partial charge in [-0.15, -0.1) is 0 Å². The molecule has 0 bridgehead atoms. The Morgan fingerprint density at radius 1 is 0.553 bits per heavy atom. The Bertz CT molecular complexity index is 2710. The van der Waals surface area contributed by atoms with Gasteiger partial charge in [-0.05, 0) is 64.7 Å². The predicted octanol–water partition coefficient (Wildman–Crippen LogP) is 11.1. The second kappa shape index (κ2) is 9.51. The van der Waals surface area contributed by atoms with Crippen LogP contribution in [0.2, 0.25) is 0 Å². The maximum atomic E-state index is 6.47. The SMILES string of the molecule is CC1(C)c2ccccc2-c2cc3c4ccccc4n(-c4cccc(-c5nc(-c6ccccc6)nc6c5oc5ccccc56)c4)c3cc21. The summed E-state index contributed by atoms with van der Waals surface area (Å²) in [6.45, 7) is 4.68. The highest BCUT2D eigenvalue weighted by Crippen LogP contribution is 2.51. The number of aromatic nitrogens is 3. The smallest absolute Gasteiger partial charge is 0.180 e. The summed E-state index contributed by atoms with van der Waals surface area (Å²) in [7, 11) is 0. The molecule has 0 atom stereocenters. The first kappa shape index (κ1) is 26.2. The van der Waals surface area contributed by atoms with Crippen LogP contribution in [0, 0.1) is 0 Å². The van der Waals surface area contributed by atoms with E-state index in [2.05, 4.69) is 122 Å². The molecule has 222 valence electrons. The van der Waals surface area contributed by atoms with E-state index in [0.29, 0.717) is 11.4 Å². The Morgan fingerprint density at radius 3 is 2.19 bits per heavy atom. The van der Waals surface area contributed by atoms with Crippen LogP contribution in [0.25, 0.3) is 83.3 Å². The summed E-state index contributed by atoms with van der Waals surface area (Å²) in [5.74, 6) is 0.680. The summed E-state index contributed by atoms with van der Waals surface area (Å²) in [6.07, 6.45) is 0. The van der Waals surface area contributed by atoms with Gasteiger partial charge in [0.15, 0.2) is 11.4 Å². The van der Waals surface area contributed by atoms with Crippen LogP contribution in [-0.2, 0) is 5.41 Å². The van der Waals surface area contributed by atoms with E-state index in [0.717, 1.165) is 39.0 Å². The molecular formula is C43H29N3O. The third kappa shape index (κ3) is 3.70. The molecule has 3 heterocycles. The summed E-state index contributed by atoms with van der Waals surface area (Å²) >= 11 is 0. The summed E-state index contributed by atoms with van der Waals surface area (Å²) < 4.78 is 8.88. The van der Waals surface area contributed by atoms with Gasteiger partial charge in [0.2, 0.25) is 0 Å². The lowest BCUT2D eigenvalue weighted by atomic mass is 9.82. The van der Waals surface area contributed by atoms with Crippen molar-refractivity contribution in [2.45, 2.75) is 19.3 Å². The highest BCUT2D eigenvalue weighted by Gasteiger charge is 2.36. The van der Waals surface area contributed by atoms with Gasteiger partial charge in [0.25, 0.3) is 0 Å². The van der Waals surface area contributed by atoms with Crippen molar-refractivity contribution in [3.05, 3.63) is 151 Å². The number of nitrogens with zero attached hydrogens (tertiary/aromatic N) is 3. The van der Waals surface area contributed by atoms with Gasteiger partial charge in [0, 0.05) is 38.4 Å². The van der Waals surface area contributed by atoms with Crippen molar-refractivity contribution in [2.75, 3.05) is 0 Å². The van der Waals surface area contributed by atoms with Crippen molar-refractivity contribution >= 4 is 43.9 Å². The lowest BCUT2D eigenvalue weighted by Crippen LogP contribution is -2.14. The quantitative estimate of drug-likeness (QED) is 0.202. The predicted molar refractivity (Wildman–Crippen MR) is 192 cm³/mol. The highest BCUT2D eigenvalue weighted by molar-refractivity contribution is 6.12. The van der Waals surface area contributed by atoms with Crippen molar-refractivity contribution in [1.82, 2.24) is 14.5 Å². The van der Waals surface area contributed by atoms with Crippen molar-refractivity contribution in [3.8, 4) is 39.5 Å². The van der Waals surface area contributed by atoms with E-state index >= 15 is 0 Å². The minimum absolute atomic E-state index is 0.0923. The fourth-order valence-corrected chi connectivity index (χ4v) is 7.74. The zero-order chi connectivity index (χ0) is 31.3. The van der Waals surface area contributed by atoms with Gasteiger partial charge in [-0.25, -0.2) is 9.97 Å². The van der Waals surface area contributed by atoms with Crippen LogP contribution in [0.15, 0.2) is 144 Å². The molecule has 9 aromatic rings. The largest absolute Gasteiger partial charge is 0.452 e. The molecule has 10 rings (SSSR count). The van der Waals surface area contributed by atoms with Crippen LogP contribution in [-0.4, -0.2) is 14.5 Å². The molecule has 3 aromatic heterocycles. The average molecular weight is 604 g/mol. The molecule has 0 saturated carbocycles. The maximum Gasteiger partial charge on any atom is 0.180 e. The van der Waals surface area contributed by atoms with E-state index in [4.69, 9.17) is 14.4 Å². The lowest BCUT2D eigenvalue weighted by Gasteiger charge is -2.21. The molecule has 0 aliphatic heterocycles. The molecule has 0 N–H and O–H groups in total. The molecule has 0 saturated heterocycles. The van der Waals surface area contributed by atoms with Crippen molar-refractivity contribution in [2.24, 2.45) is 0 Å². The van der Waals surface area contributed by atoms with Gasteiger partial charge in [0.1, 0.15) is 16.8 Å². The van der Waals surface area contributed by atoms with Crippen LogP contribution in [0.3, 0.4) is 0 Å². The van der Waals surface area contributed by atoms with Crippen molar-refractivity contribution in [3.63, 3.8) is 0 Å². The number of para-hydroxylation sites is 2. The third-order valence-corrected chi connectivity index (χ3v) is 10.0. The van der Waals surface area contributed by atoms with E-state index < -0.39 is 0 Å². The summed E-state index contributed by atoms with van der Waals surface area (Å²) in [5.41, 5.74) is 13.8. The van der Waals surface area contributed by atoms with Crippen molar-refractivity contribution < 1.29 is 4.42 Å². The summed E-state index contributed by atoms with van der Waals surface area (Å²) in [5, 5.41) is 3.48. The number of hydrogen-bond donors (Lipinski definition) is 0. The molecule has 0 fully saturated rings. The normalized spacial score (nSPS) is 13.5. The molecule has 1 aliphatic carbocycles. The van der Waals surface area contributed by atoms with Crippen LogP contribution < -0.4 is 0 Å². The zero-order valence-corrected chi connectivity index (χ0v) is 26.0. The van der Waals surface area contributed by atoms with E-state index in [1.165, 1.54) is 44.1 Å². The minimum atomic E-state index is -0.0923. The Hall–Kier alpha value is -6.00. The van der Waals surface area contributed by atoms with Gasteiger partial charge >= 0.3 is 0 Å². The third-order valence-electron chi connectivity index (χ3n) is 10.0. The Labute approximate surface area is 271 Å². The van der Waals surface area contributed by atoms with Crippen molar-refractivity contribution in [1.29, 1.82) is 0 Å². The van der Waals surface area contributed by atoms with Gasteiger partial charge in [-0.2, -0.15) is 0 Å². The Balaban J connectivity index is 1.24. The summed E-state index contributed by atoms with van der Waals surface area (Å²) in [6, 6.07) is 49.4. The highest BCUT2D eigenvalue weighted by atomic mass is 16.3. The monoisotopic (exact) mass is 603 g/mol. The number of furan rings is 1. The Kier molecular flexibility index (Phi) is 5.31. The number of hydrogen-bond acceptors (Lipinski definition) is 3. The van der Waals surface area contributed by atoms with Gasteiger partial charge in [-0.1, -0.05) is 111 Å². The molecular weight excluding hydrogens is 574 g/mol. The molecule has 0 unspecified atom stereocenters. The fraction of sp³-hybridized carbons (Fsp3) is 0.0698. The summed E-state index contributed by atoms with van der Waals surface area (Å²) in [4.78, 5) is 10.2.